The minimum absolute atomic E-state index is 0.130. The molecule has 1 aliphatic carbocycles. The monoisotopic (exact) mass is 325 g/mol. The van der Waals surface area contributed by atoms with E-state index in [1.54, 1.807) is 24.5 Å². The second-order valence-corrected chi connectivity index (χ2v) is 7.59. The maximum atomic E-state index is 12.0. The molecule has 22 heavy (non-hydrogen) atoms. The maximum Gasteiger partial charge on any atom is 0.235 e. The minimum atomic E-state index is -3.38. The number of hydrogen-bond acceptors (Lipinski definition) is 4. The van der Waals surface area contributed by atoms with E-state index < -0.39 is 10.0 Å². The van der Waals surface area contributed by atoms with Gasteiger partial charge in [-0.25, -0.2) is 13.1 Å². The van der Waals surface area contributed by atoms with Crippen molar-refractivity contribution in [1.82, 2.24) is 15.0 Å². The van der Waals surface area contributed by atoms with Crippen LogP contribution in [-0.4, -0.2) is 31.6 Å². The van der Waals surface area contributed by atoms with Crippen LogP contribution in [0.5, 0.6) is 0 Å². The Bertz CT molecular complexity index is 569. The minimum Gasteiger partial charge on any atom is -0.351 e. The van der Waals surface area contributed by atoms with Crippen LogP contribution in [0.2, 0.25) is 0 Å². The number of nitrogens with one attached hydrogen (secondary N) is 2. The first-order chi connectivity index (χ1) is 10.6. The van der Waals surface area contributed by atoms with E-state index >= 15 is 0 Å². The molecule has 0 aromatic carbocycles. The number of rotatable bonds is 7. The molecule has 0 bridgehead atoms. The molecule has 122 valence electrons. The Balaban J connectivity index is 1.70. The number of carbonyl (C=O) groups excluding carboxylic acids is 1. The zero-order chi connectivity index (χ0) is 15.8. The summed E-state index contributed by atoms with van der Waals surface area (Å²) in [5.74, 6) is 0.0279. The van der Waals surface area contributed by atoms with Gasteiger partial charge in [0.25, 0.3) is 0 Å². The lowest BCUT2D eigenvalue weighted by Crippen LogP contribution is -2.39. The molecule has 1 aliphatic rings. The highest BCUT2D eigenvalue weighted by molar-refractivity contribution is 7.89. The quantitative estimate of drug-likeness (QED) is 0.788. The molecule has 7 heteroatoms. The Morgan fingerprint density at radius 3 is 2.55 bits per heavy atom. The van der Waals surface area contributed by atoms with Crippen LogP contribution in [-0.2, 0) is 21.4 Å². The average Bonchev–Trinajstić information content (AvgIpc) is 2.53. The van der Waals surface area contributed by atoms with Gasteiger partial charge in [0.15, 0.2) is 0 Å². The van der Waals surface area contributed by atoms with Crippen molar-refractivity contribution < 1.29 is 13.2 Å². The lowest BCUT2D eigenvalue weighted by Gasteiger charge is -2.21. The predicted molar refractivity (Wildman–Crippen MR) is 84.4 cm³/mol. The summed E-state index contributed by atoms with van der Waals surface area (Å²) in [6.07, 6.45) is 8.63. The zero-order valence-electron chi connectivity index (χ0n) is 12.6. The molecule has 1 aromatic heterocycles. The predicted octanol–water partition coefficient (Wildman–Crippen LogP) is 1.20. The molecular formula is C15H23N3O3S. The summed E-state index contributed by atoms with van der Waals surface area (Å²) in [5.41, 5.74) is 0.924. The van der Waals surface area contributed by atoms with Crippen molar-refractivity contribution in [2.45, 2.75) is 38.6 Å². The van der Waals surface area contributed by atoms with Gasteiger partial charge in [-0.1, -0.05) is 19.3 Å². The Kier molecular flexibility index (Phi) is 6.33. The Morgan fingerprint density at radius 1 is 1.18 bits per heavy atom. The molecule has 1 fully saturated rings. The maximum absolute atomic E-state index is 12.0. The van der Waals surface area contributed by atoms with E-state index in [0.29, 0.717) is 6.54 Å². The van der Waals surface area contributed by atoms with E-state index in [9.17, 15) is 13.2 Å². The Labute approximate surface area is 131 Å². The van der Waals surface area contributed by atoms with Crippen molar-refractivity contribution in [2.75, 3.05) is 12.3 Å². The van der Waals surface area contributed by atoms with Crippen LogP contribution in [0, 0.1) is 5.92 Å². The van der Waals surface area contributed by atoms with Gasteiger partial charge >= 0.3 is 0 Å². The fraction of sp³-hybridized carbons (Fsp3) is 0.600. The summed E-state index contributed by atoms with van der Waals surface area (Å²) < 4.78 is 26.3. The molecule has 0 atom stereocenters. The molecule has 0 saturated heterocycles. The number of carbonyl (C=O) groups is 1. The smallest absolute Gasteiger partial charge is 0.235 e. The molecule has 0 spiro atoms. The van der Waals surface area contributed by atoms with Gasteiger partial charge in [0.2, 0.25) is 15.9 Å². The van der Waals surface area contributed by atoms with E-state index in [1.807, 2.05) is 0 Å². The van der Waals surface area contributed by atoms with E-state index in [0.717, 1.165) is 31.2 Å². The van der Waals surface area contributed by atoms with Gasteiger partial charge < -0.3 is 5.32 Å². The fourth-order valence-corrected chi connectivity index (χ4v) is 4.09. The van der Waals surface area contributed by atoms with Crippen LogP contribution in [0.15, 0.2) is 24.5 Å². The average molecular weight is 325 g/mol. The number of sulfonamides is 1. The Hall–Kier alpha value is -1.47. The van der Waals surface area contributed by atoms with E-state index in [1.165, 1.54) is 6.42 Å². The van der Waals surface area contributed by atoms with Crippen molar-refractivity contribution in [3.05, 3.63) is 30.1 Å². The molecule has 1 aromatic rings. The molecule has 6 nitrogen and oxygen atoms in total. The lowest BCUT2D eigenvalue weighted by atomic mass is 9.91. The van der Waals surface area contributed by atoms with E-state index in [2.05, 4.69) is 15.0 Å². The molecule has 1 heterocycles. The molecule has 1 saturated carbocycles. The third kappa shape index (κ3) is 6.11. The first-order valence-corrected chi connectivity index (χ1v) is 9.33. The largest absolute Gasteiger partial charge is 0.351 e. The topological polar surface area (TPSA) is 88.2 Å². The van der Waals surface area contributed by atoms with Gasteiger partial charge in [0.05, 0.1) is 12.3 Å². The Morgan fingerprint density at radius 2 is 1.86 bits per heavy atom. The summed E-state index contributed by atoms with van der Waals surface area (Å²) in [7, 11) is -3.38. The summed E-state index contributed by atoms with van der Waals surface area (Å²) in [5, 5.41) is 2.68. The van der Waals surface area contributed by atoms with Gasteiger partial charge in [-0.3, -0.25) is 9.78 Å². The molecule has 0 unspecified atom stereocenters. The van der Waals surface area contributed by atoms with E-state index in [-0.39, 0.29) is 24.1 Å². The highest BCUT2D eigenvalue weighted by Gasteiger charge is 2.21. The fourth-order valence-electron chi connectivity index (χ4n) is 2.66. The van der Waals surface area contributed by atoms with Crippen molar-refractivity contribution in [1.29, 1.82) is 0 Å². The van der Waals surface area contributed by atoms with Gasteiger partial charge in [-0.2, -0.15) is 0 Å². The first-order valence-electron chi connectivity index (χ1n) is 7.68. The summed E-state index contributed by atoms with van der Waals surface area (Å²) in [4.78, 5) is 15.6. The first kappa shape index (κ1) is 16.9. The van der Waals surface area contributed by atoms with Crippen LogP contribution in [0.4, 0.5) is 0 Å². The SMILES string of the molecule is O=C(CNS(=O)(=O)CC1CCCCC1)NCc1ccncc1. The van der Waals surface area contributed by atoms with Gasteiger partial charge in [-0.15, -0.1) is 0 Å². The van der Waals surface area contributed by atoms with Gasteiger partial charge in [0, 0.05) is 18.9 Å². The van der Waals surface area contributed by atoms with E-state index in [4.69, 9.17) is 0 Å². The highest BCUT2D eigenvalue weighted by atomic mass is 32.2. The molecule has 2 rings (SSSR count). The molecule has 2 N–H and O–H groups in total. The highest BCUT2D eigenvalue weighted by Crippen LogP contribution is 2.24. The van der Waals surface area contributed by atoms with Crippen LogP contribution in [0.3, 0.4) is 0 Å². The summed E-state index contributed by atoms with van der Waals surface area (Å²) in [6, 6.07) is 3.60. The number of aromatic nitrogens is 1. The van der Waals surface area contributed by atoms with Gasteiger partial charge in [0.1, 0.15) is 0 Å². The zero-order valence-corrected chi connectivity index (χ0v) is 13.4. The second kappa shape index (κ2) is 8.24. The van der Waals surface area contributed by atoms with Crippen LogP contribution >= 0.6 is 0 Å². The van der Waals surface area contributed by atoms with Crippen LogP contribution in [0.1, 0.15) is 37.7 Å². The van der Waals surface area contributed by atoms with Crippen LogP contribution < -0.4 is 10.0 Å². The third-order valence-electron chi connectivity index (χ3n) is 3.87. The molecule has 0 aliphatic heterocycles. The van der Waals surface area contributed by atoms with Crippen molar-refractivity contribution in [2.24, 2.45) is 5.92 Å². The van der Waals surface area contributed by atoms with Crippen molar-refractivity contribution in [3.63, 3.8) is 0 Å². The standard InChI is InChI=1S/C15H23N3O3S/c19-15(17-10-13-6-8-16-9-7-13)11-18-22(20,21)12-14-4-2-1-3-5-14/h6-9,14,18H,1-5,10-12H2,(H,17,19). The molecular weight excluding hydrogens is 302 g/mol. The number of amides is 1. The lowest BCUT2D eigenvalue weighted by molar-refractivity contribution is -0.120. The number of hydrogen-bond donors (Lipinski definition) is 2. The van der Waals surface area contributed by atoms with Crippen LogP contribution in [0.25, 0.3) is 0 Å². The second-order valence-electron chi connectivity index (χ2n) is 5.74. The molecule has 1 amide bonds. The number of nitrogens with zero attached hydrogens (tertiary/aromatic N) is 1. The van der Waals surface area contributed by atoms with Crippen molar-refractivity contribution >= 4 is 15.9 Å². The van der Waals surface area contributed by atoms with Gasteiger partial charge in [-0.05, 0) is 36.5 Å². The molecule has 0 radical (unpaired) electrons. The third-order valence-corrected chi connectivity index (χ3v) is 5.37. The summed E-state index contributed by atoms with van der Waals surface area (Å²) >= 11 is 0. The number of pyridine rings is 1. The van der Waals surface area contributed by atoms with Crippen molar-refractivity contribution in [3.8, 4) is 0 Å². The summed E-state index contributed by atoms with van der Waals surface area (Å²) in [6.45, 7) is 0.159. The normalized spacial score (nSPS) is 16.4.